The third kappa shape index (κ3) is 6.43. The van der Waals surface area contributed by atoms with Crippen LogP contribution in [0.15, 0.2) is 51.4 Å². The van der Waals surface area contributed by atoms with Crippen molar-refractivity contribution in [1.29, 1.82) is 0 Å². The Morgan fingerprint density at radius 2 is 1.94 bits per heavy atom. The Balaban J connectivity index is 1.83. The summed E-state index contributed by atoms with van der Waals surface area (Å²) in [4.78, 5) is 24.1. The number of hydrogen-bond acceptors (Lipinski definition) is 7. The number of anilines is 1. The molecular weight excluding hydrogens is 576 g/mol. The molecule has 1 aliphatic rings. The van der Waals surface area contributed by atoms with Crippen LogP contribution >= 0.6 is 31.9 Å². The quantitative estimate of drug-likeness (QED) is 0.171. The molecule has 3 rings (SSSR count). The molecule has 0 saturated carbocycles. The minimum Gasteiger partial charge on any atom is -0.506 e. The van der Waals surface area contributed by atoms with E-state index in [2.05, 4.69) is 37.2 Å². The first-order valence-electron chi connectivity index (χ1n) is 10.3. The maximum atomic E-state index is 12.9. The van der Waals surface area contributed by atoms with Gasteiger partial charge < -0.3 is 19.3 Å². The van der Waals surface area contributed by atoms with Crippen molar-refractivity contribution in [3.05, 3.63) is 57.0 Å². The molecule has 34 heavy (non-hydrogen) atoms. The number of fused-ring (bicyclic) bond motifs is 1. The van der Waals surface area contributed by atoms with E-state index in [1.54, 1.807) is 36.4 Å². The molecular formula is C23H24Br2N2O7. The first-order valence-corrected chi connectivity index (χ1v) is 11.8. The Bertz CT molecular complexity index is 1100. The monoisotopic (exact) mass is 598 g/mol. The Morgan fingerprint density at radius 1 is 1.21 bits per heavy atom. The number of benzene rings is 2. The van der Waals surface area contributed by atoms with Gasteiger partial charge in [-0.05, 0) is 53.0 Å². The Labute approximate surface area is 213 Å². The van der Waals surface area contributed by atoms with E-state index < -0.39 is 23.5 Å². The zero-order valence-corrected chi connectivity index (χ0v) is 21.6. The summed E-state index contributed by atoms with van der Waals surface area (Å²) in [6.07, 6.45) is 2.20. The van der Waals surface area contributed by atoms with Gasteiger partial charge in [-0.2, -0.15) is 0 Å². The summed E-state index contributed by atoms with van der Waals surface area (Å²) in [7, 11) is 0. The smallest absolute Gasteiger partial charge is 0.412 e. The van der Waals surface area contributed by atoms with E-state index in [4.69, 9.17) is 19.4 Å². The van der Waals surface area contributed by atoms with Crippen LogP contribution in [0.2, 0.25) is 0 Å². The molecule has 182 valence electrons. The Hall–Kier alpha value is -2.76. The van der Waals surface area contributed by atoms with E-state index >= 15 is 0 Å². The van der Waals surface area contributed by atoms with Crippen LogP contribution in [-0.2, 0) is 9.53 Å². The van der Waals surface area contributed by atoms with Gasteiger partial charge in [-0.25, -0.2) is 10.3 Å². The zero-order valence-electron chi connectivity index (χ0n) is 18.4. The number of allylic oxidation sites excluding steroid dienone is 1. The van der Waals surface area contributed by atoms with Crippen molar-refractivity contribution in [2.24, 2.45) is 5.41 Å². The average molecular weight is 600 g/mol. The third-order valence-corrected chi connectivity index (χ3v) is 6.29. The van der Waals surface area contributed by atoms with Gasteiger partial charge in [0, 0.05) is 33.3 Å². The number of rotatable bonds is 8. The number of halogens is 2. The zero-order chi connectivity index (χ0) is 24.9. The lowest BCUT2D eigenvalue weighted by Gasteiger charge is -2.34. The number of carbonyl (C=O) groups is 2. The fourth-order valence-electron chi connectivity index (χ4n) is 3.47. The van der Waals surface area contributed by atoms with Crippen LogP contribution in [0.3, 0.4) is 0 Å². The summed E-state index contributed by atoms with van der Waals surface area (Å²) < 4.78 is 17.6. The fraction of sp³-hybridized carbons (Fsp3) is 0.304. The molecule has 1 aliphatic heterocycles. The van der Waals surface area contributed by atoms with Crippen LogP contribution in [0.4, 0.5) is 10.5 Å². The molecule has 4 N–H and O–H groups in total. The number of hydroxylamine groups is 1. The van der Waals surface area contributed by atoms with Gasteiger partial charge in [-0.15, -0.1) is 0 Å². The third-order valence-electron chi connectivity index (χ3n) is 5.23. The van der Waals surface area contributed by atoms with Gasteiger partial charge >= 0.3 is 6.09 Å². The molecule has 11 heteroatoms. The highest BCUT2D eigenvalue weighted by atomic mass is 79.9. The SMILES string of the molecule is CC(C)(CC/C=C/C(=O)NO)[C@@H](OC(=O)Nc1ccc2c(c1)OCO2)c1cc(Br)cc(Br)c1O. The summed E-state index contributed by atoms with van der Waals surface area (Å²) >= 11 is 6.74. The van der Waals surface area contributed by atoms with Gasteiger partial charge in [0.2, 0.25) is 6.79 Å². The molecule has 0 spiro atoms. The number of ether oxygens (including phenoxy) is 3. The van der Waals surface area contributed by atoms with E-state index in [0.717, 1.165) is 0 Å². The molecule has 0 unspecified atom stereocenters. The van der Waals surface area contributed by atoms with Crippen LogP contribution in [0.1, 0.15) is 38.4 Å². The molecule has 9 nitrogen and oxygen atoms in total. The lowest BCUT2D eigenvalue weighted by atomic mass is 9.78. The van der Waals surface area contributed by atoms with E-state index in [-0.39, 0.29) is 12.5 Å². The minimum atomic E-state index is -0.852. The van der Waals surface area contributed by atoms with Crippen molar-refractivity contribution in [1.82, 2.24) is 5.48 Å². The predicted molar refractivity (Wildman–Crippen MR) is 131 cm³/mol. The van der Waals surface area contributed by atoms with E-state index in [1.165, 1.54) is 11.6 Å². The molecule has 0 fully saturated rings. The topological polar surface area (TPSA) is 126 Å². The van der Waals surface area contributed by atoms with Gasteiger partial charge in [-0.1, -0.05) is 35.9 Å². The fourth-order valence-corrected chi connectivity index (χ4v) is 4.73. The van der Waals surface area contributed by atoms with Gasteiger partial charge in [-0.3, -0.25) is 15.3 Å². The van der Waals surface area contributed by atoms with Crippen molar-refractivity contribution in [2.75, 3.05) is 12.1 Å². The van der Waals surface area contributed by atoms with Crippen LogP contribution in [0, 0.1) is 5.41 Å². The molecule has 1 heterocycles. The molecule has 0 aromatic heterocycles. The number of phenolic OH excluding ortho intramolecular Hbond substituents is 1. The number of carbonyl (C=O) groups excluding carboxylic acids is 2. The highest BCUT2D eigenvalue weighted by molar-refractivity contribution is 9.11. The molecule has 0 radical (unpaired) electrons. The normalized spacial score (nSPS) is 13.6. The number of phenols is 1. The largest absolute Gasteiger partial charge is 0.506 e. The van der Waals surface area contributed by atoms with E-state index in [9.17, 15) is 14.7 Å². The molecule has 0 bridgehead atoms. The lowest BCUT2D eigenvalue weighted by Crippen LogP contribution is -2.29. The first-order chi connectivity index (χ1) is 16.1. The van der Waals surface area contributed by atoms with E-state index in [1.807, 2.05) is 13.8 Å². The van der Waals surface area contributed by atoms with Crippen LogP contribution in [0.5, 0.6) is 17.2 Å². The maximum Gasteiger partial charge on any atom is 0.412 e. The van der Waals surface area contributed by atoms with Crippen molar-refractivity contribution < 1.29 is 34.1 Å². The van der Waals surface area contributed by atoms with Gasteiger partial charge in [0.25, 0.3) is 5.91 Å². The van der Waals surface area contributed by atoms with Gasteiger partial charge in [0.15, 0.2) is 11.5 Å². The van der Waals surface area contributed by atoms with Gasteiger partial charge in [0.1, 0.15) is 11.9 Å². The molecule has 2 aromatic carbocycles. The second-order valence-corrected chi connectivity index (χ2v) is 9.98. The number of amides is 2. The highest BCUT2D eigenvalue weighted by Crippen LogP contribution is 2.46. The Morgan fingerprint density at radius 3 is 2.68 bits per heavy atom. The number of aromatic hydroxyl groups is 1. The summed E-state index contributed by atoms with van der Waals surface area (Å²) in [5, 5.41) is 22.0. The van der Waals surface area contributed by atoms with Crippen LogP contribution in [0.25, 0.3) is 0 Å². The van der Waals surface area contributed by atoms with E-state index in [0.29, 0.717) is 44.5 Å². The standard InChI is InChI=1S/C23H24Br2N2O7/c1-23(2,8-4-3-5-19(28)27-31)21(15-9-13(24)10-16(25)20(15)29)34-22(30)26-14-6-7-17-18(11-14)33-12-32-17/h3,5-7,9-11,21,29,31H,4,8,12H2,1-2H3,(H,26,30)(H,27,28)/b5-3+/t21-/m0/s1. The maximum absolute atomic E-state index is 12.9. The minimum absolute atomic E-state index is 0.0487. The molecule has 2 aromatic rings. The number of hydrogen-bond donors (Lipinski definition) is 4. The van der Waals surface area contributed by atoms with Crippen LogP contribution in [-0.4, -0.2) is 29.1 Å². The number of nitrogens with one attached hydrogen (secondary N) is 2. The van der Waals surface area contributed by atoms with Crippen molar-refractivity contribution in [3.63, 3.8) is 0 Å². The van der Waals surface area contributed by atoms with Crippen molar-refractivity contribution >= 4 is 49.5 Å². The van der Waals surface area contributed by atoms with Gasteiger partial charge in [0.05, 0.1) is 4.47 Å². The second-order valence-electron chi connectivity index (χ2n) is 8.21. The molecule has 0 aliphatic carbocycles. The molecule has 2 amide bonds. The first kappa shape index (κ1) is 25.9. The van der Waals surface area contributed by atoms with Crippen LogP contribution < -0.4 is 20.3 Å². The summed E-state index contributed by atoms with van der Waals surface area (Å²) in [6, 6.07) is 8.36. The molecule has 0 saturated heterocycles. The summed E-state index contributed by atoms with van der Waals surface area (Å²) in [5.74, 6) is 0.418. The predicted octanol–water partition coefficient (Wildman–Crippen LogP) is 5.80. The average Bonchev–Trinajstić information content (AvgIpc) is 3.25. The van der Waals surface area contributed by atoms with Crippen molar-refractivity contribution in [3.8, 4) is 17.2 Å². The summed E-state index contributed by atoms with van der Waals surface area (Å²) in [5.41, 5.74) is 1.74. The molecule has 1 atom stereocenters. The highest BCUT2D eigenvalue weighted by Gasteiger charge is 2.36. The summed E-state index contributed by atoms with van der Waals surface area (Å²) in [6.45, 7) is 3.89. The second kappa shape index (κ2) is 11.1. The lowest BCUT2D eigenvalue weighted by molar-refractivity contribution is -0.124. The van der Waals surface area contributed by atoms with Crippen molar-refractivity contribution in [2.45, 2.75) is 32.8 Å². The Kier molecular flexibility index (Phi) is 8.45.